The molecule has 0 amide bonds. The molecular weight excluding hydrogens is 188 g/mol. The van der Waals surface area contributed by atoms with Crippen LogP contribution in [0.1, 0.15) is 12.0 Å². The number of rotatable bonds is 1. The van der Waals surface area contributed by atoms with E-state index < -0.39 is 0 Å². The zero-order valence-corrected chi connectivity index (χ0v) is 8.39. The van der Waals surface area contributed by atoms with Gasteiger partial charge in [-0.05, 0) is 24.5 Å². The van der Waals surface area contributed by atoms with Crippen LogP contribution in [-0.2, 0) is 6.42 Å². The summed E-state index contributed by atoms with van der Waals surface area (Å²) in [5.41, 5.74) is 1.29. The molecule has 0 N–H and O–H groups in total. The summed E-state index contributed by atoms with van der Waals surface area (Å²) < 4.78 is 10.6. The summed E-state index contributed by atoms with van der Waals surface area (Å²) in [5.74, 6) is 1.86. The fourth-order valence-electron chi connectivity index (χ4n) is 1.45. The van der Waals surface area contributed by atoms with Crippen LogP contribution in [0.2, 0.25) is 0 Å². The van der Waals surface area contributed by atoms with Gasteiger partial charge in [0.25, 0.3) is 0 Å². The van der Waals surface area contributed by atoms with E-state index in [1.54, 1.807) is 7.11 Å². The van der Waals surface area contributed by atoms with E-state index >= 15 is 0 Å². The molecule has 3 heteroatoms. The van der Waals surface area contributed by atoms with Crippen LogP contribution in [0.3, 0.4) is 0 Å². The predicted molar refractivity (Wildman–Crippen MR) is 54.1 cm³/mol. The fraction of sp³-hybridized carbons (Fsp3) is 0.400. The molecule has 1 aliphatic rings. The molecular formula is C10H13ClO2. The van der Waals surface area contributed by atoms with Crippen LogP contribution >= 0.6 is 12.4 Å². The Balaban J connectivity index is 0.000000845. The quantitative estimate of drug-likeness (QED) is 0.694. The molecule has 72 valence electrons. The van der Waals surface area contributed by atoms with Crippen molar-refractivity contribution in [2.75, 3.05) is 13.7 Å². The normalized spacial score (nSPS) is 13.6. The number of hydrogen-bond acceptors (Lipinski definition) is 2. The molecule has 1 heterocycles. The van der Waals surface area contributed by atoms with Crippen molar-refractivity contribution in [3.63, 3.8) is 0 Å². The molecule has 13 heavy (non-hydrogen) atoms. The van der Waals surface area contributed by atoms with Crippen molar-refractivity contribution in [2.45, 2.75) is 12.8 Å². The van der Waals surface area contributed by atoms with E-state index in [1.165, 1.54) is 5.56 Å². The zero-order valence-electron chi connectivity index (χ0n) is 7.58. The summed E-state index contributed by atoms with van der Waals surface area (Å²) in [4.78, 5) is 0. The Hall–Kier alpha value is -0.890. The second-order valence-electron chi connectivity index (χ2n) is 2.93. The lowest BCUT2D eigenvalue weighted by Crippen LogP contribution is -2.07. The van der Waals surface area contributed by atoms with Gasteiger partial charge >= 0.3 is 0 Å². The van der Waals surface area contributed by atoms with Gasteiger partial charge in [0.05, 0.1) is 13.7 Å². The van der Waals surface area contributed by atoms with E-state index in [-0.39, 0.29) is 12.4 Å². The summed E-state index contributed by atoms with van der Waals surface area (Å²) in [7, 11) is 1.67. The van der Waals surface area contributed by atoms with E-state index in [0.717, 1.165) is 30.9 Å². The highest BCUT2D eigenvalue weighted by Crippen LogP contribution is 2.28. The molecule has 0 radical (unpaired) electrons. The lowest BCUT2D eigenvalue weighted by atomic mass is 10.1. The second kappa shape index (κ2) is 4.38. The molecule has 1 aliphatic heterocycles. The van der Waals surface area contributed by atoms with Crippen LogP contribution in [0.15, 0.2) is 18.2 Å². The Morgan fingerprint density at radius 1 is 1.38 bits per heavy atom. The molecule has 2 nitrogen and oxygen atoms in total. The van der Waals surface area contributed by atoms with E-state index in [2.05, 4.69) is 6.07 Å². The van der Waals surface area contributed by atoms with E-state index in [9.17, 15) is 0 Å². The first-order chi connectivity index (χ1) is 5.90. The Morgan fingerprint density at radius 2 is 2.23 bits per heavy atom. The summed E-state index contributed by atoms with van der Waals surface area (Å²) in [5, 5.41) is 0. The van der Waals surface area contributed by atoms with Gasteiger partial charge in [-0.25, -0.2) is 0 Å². The highest BCUT2D eigenvalue weighted by Gasteiger charge is 2.09. The first-order valence-electron chi connectivity index (χ1n) is 4.20. The van der Waals surface area contributed by atoms with Gasteiger partial charge in [0.15, 0.2) is 0 Å². The molecule has 0 spiro atoms. The monoisotopic (exact) mass is 200 g/mol. The van der Waals surface area contributed by atoms with Crippen molar-refractivity contribution in [1.29, 1.82) is 0 Å². The summed E-state index contributed by atoms with van der Waals surface area (Å²) in [6.07, 6.45) is 2.25. The van der Waals surface area contributed by atoms with Crippen molar-refractivity contribution in [3.05, 3.63) is 23.8 Å². The number of halogens is 1. The van der Waals surface area contributed by atoms with Crippen LogP contribution in [0.25, 0.3) is 0 Å². The number of fused-ring (bicyclic) bond motifs is 1. The van der Waals surface area contributed by atoms with Gasteiger partial charge < -0.3 is 9.47 Å². The van der Waals surface area contributed by atoms with Crippen molar-refractivity contribution in [2.24, 2.45) is 0 Å². The van der Waals surface area contributed by atoms with Crippen LogP contribution < -0.4 is 9.47 Å². The maximum Gasteiger partial charge on any atom is 0.126 e. The van der Waals surface area contributed by atoms with Crippen LogP contribution in [-0.4, -0.2) is 13.7 Å². The molecule has 0 fully saturated rings. The van der Waals surface area contributed by atoms with Gasteiger partial charge in [-0.1, -0.05) is 6.07 Å². The van der Waals surface area contributed by atoms with Crippen molar-refractivity contribution in [3.8, 4) is 11.5 Å². The van der Waals surface area contributed by atoms with Gasteiger partial charge in [-0.15, -0.1) is 12.4 Å². The highest BCUT2D eigenvalue weighted by molar-refractivity contribution is 5.85. The first-order valence-corrected chi connectivity index (χ1v) is 4.20. The Kier molecular flexibility index (Phi) is 3.43. The van der Waals surface area contributed by atoms with Crippen LogP contribution in [0, 0.1) is 0 Å². The van der Waals surface area contributed by atoms with E-state index in [0.29, 0.717) is 0 Å². The minimum Gasteiger partial charge on any atom is -0.497 e. The highest BCUT2D eigenvalue weighted by atomic mass is 35.5. The SMILES string of the molecule is COc1ccc2c(c1)OCCC2.Cl. The lowest BCUT2D eigenvalue weighted by molar-refractivity contribution is 0.286. The third-order valence-electron chi connectivity index (χ3n) is 2.12. The summed E-state index contributed by atoms with van der Waals surface area (Å²) in [6.45, 7) is 0.833. The average Bonchev–Trinajstić information content (AvgIpc) is 2.17. The molecule has 2 rings (SSSR count). The van der Waals surface area contributed by atoms with Gasteiger partial charge in [0.1, 0.15) is 11.5 Å². The number of hydrogen-bond donors (Lipinski definition) is 0. The smallest absolute Gasteiger partial charge is 0.126 e. The van der Waals surface area contributed by atoms with Gasteiger partial charge in [0, 0.05) is 6.07 Å². The lowest BCUT2D eigenvalue weighted by Gasteiger charge is -2.17. The van der Waals surface area contributed by atoms with E-state index in [1.807, 2.05) is 12.1 Å². The third-order valence-corrected chi connectivity index (χ3v) is 2.12. The van der Waals surface area contributed by atoms with Gasteiger partial charge in [-0.2, -0.15) is 0 Å². The molecule has 0 aromatic heterocycles. The van der Waals surface area contributed by atoms with Gasteiger partial charge in [0.2, 0.25) is 0 Å². The molecule has 0 saturated heterocycles. The number of benzene rings is 1. The number of ether oxygens (including phenoxy) is 2. The van der Waals surface area contributed by atoms with Crippen molar-refractivity contribution >= 4 is 12.4 Å². The molecule has 1 aromatic carbocycles. The van der Waals surface area contributed by atoms with Crippen molar-refractivity contribution < 1.29 is 9.47 Å². The summed E-state index contributed by atoms with van der Waals surface area (Å²) in [6, 6.07) is 6.01. The molecule has 0 aliphatic carbocycles. The second-order valence-corrected chi connectivity index (χ2v) is 2.93. The van der Waals surface area contributed by atoms with Crippen LogP contribution in [0.4, 0.5) is 0 Å². The minimum absolute atomic E-state index is 0. The zero-order chi connectivity index (χ0) is 8.39. The fourth-order valence-corrected chi connectivity index (χ4v) is 1.45. The molecule has 0 atom stereocenters. The number of aryl methyl sites for hydroxylation is 1. The van der Waals surface area contributed by atoms with Crippen molar-refractivity contribution in [1.82, 2.24) is 0 Å². The Morgan fingerprint density at radius 3 is 3.00 bits per heavy atom. The maximum atomic E-state index is 5.49. The van der Waals surface area contributed by atoms with E-state index in [4.69, 9.17) is 9.47 Å². The number of methoxy groups -OCH3 is 1. The van der Waals surface area contributed by atoms with Gasteiger partial charge in [-0.3, -0.25) is 0 Å². The Labute approximate surface area is 84.3 Å². The van der Waals surface area contributed by atoms with Crippen LogP contribution in [0.5, 0.6) is 11.5 Å². The molecule has 0 bridgehead atoms. The first kappa shape index (κ1) is 10.2. The topological polar surface area (TPSA) is 18.5 Å². The third kappa shape index (κ3) is 2.07. The summed E-state index contributed by atoms with van der Waals surface area (Å²) >= 11 is 0. The average molecular weight is 201 g/mol. The molecule has 0 unspecified atom stereocenters. The maximum absolute atomic E-state index is 5.49. The predicted octanol–water partition coefficient (Wildman–Crippen LogP) is 2.44. The minimum atomic E-state index is 0. The standard InChI is InChI=1S/C10H12O2.ClH/c1-11-9-5-4-8-3-2-6-12-10(8)7-9;/h4-5,7H,2-3,6H2,1H3;1H. The molecule has 1 aromatic rings. The largest absolute Gasteiger partial charge is 0.497 e. The Bertz CT molecular complexity index is 286. The molecule has 0 saturated carbocycles.